The van der Waals surface area contributed by atoms with E-state index in [9.17, 15) is 14.7 Å². The summed E-state index contributed by atoms with van der Waals surface area (Å²) < 4.78 is 0. The molecule has 116 valence electrons. The van der Waals surface area contributed by atoms with Crippen molar-refractivity contribution in [2.45, 2.75) is 57.0 Å². The van der Waals surface area contributed by atoms with Crippen molar-refractivity contribution in [2.24, 2.45) is 0 Å². The van der Waals surface area contributed by atoms with Crippen LogP contribution in [0, 0.1) is 0 Å². The van der Waals surface area contributed by atoms with Gasteiger partial charge in [0.2, 0.25) is 0 Å². The van der Waals surface area contributed by atoms with Crippen molar-refractivity contribution in [3.8, 4) is 0 Å². The molecule has 21 heavy (non-hydrogen) atoms. The van der Waals surface area contributed by atoms with Gasteiger partial charge < -0.3 is 15.7 Å². The van der Waals surface area contributed by atoms with Crippen molar-refractivity contribution < 1.29 is 14.7 Å². The van der Waals surface area contributed by atoms with Gasteiger partial charge in [0.1, 0.15) is 5.54 Å². The van der Waals surface area contributed by atoms with Gasteiger partial charge in [0.25, 0.3) is 0 Å². The van der Waals surface area contributed by atoms with Crippen molar-refractivity contribution in [1.82, 2.24) is 31.3 Å². The lowest BCUT2D eigenvalue weighted by atomic mass is 9.90. The lowest BCUT2D eigenvalue weighted by Gasteiger charge is -2.29. The van der Waals surface area contributed by atoms with E-state index in [1.165, 1.54) is 0 Å². The number of amides is 2. The van der Waals surface area contributed by atoms with Crippen LogP contribution in [0.4, 0.5) is 4.79 Å². The summed E-state index contributed by atoms with van der Waals surface area (Å²) in [5.74, 6) is -0.637. The molecule has 0 bridgehead atoms. The average molecular weight is 296 g/mol. The minimum atomic E-state index is -1.18. The second-order valence-electron chi connectivity index (χ2n) is 5.39. The van der Waals surface area contributed by atoms with Crippen LogP contribution in [0.25, 0.3) is 0 Å². The molecule has 0 radical (unpaired) electrons. The van der Waals surface area contributed by atoms with Gasteiger partial charge in [-0.1, -0.05) is 30.9 Å². The van der Waals surface area contributed by atoms with E-state index in [2.05, 4.69) is 31.3 Å². The number of nitrogens with zero attached hydrogens (tertiary/aromatic N) is 3. The number of aliphatic carboxylic acids is 1. The van der Waals surface area contributed by atoms with Crippen LogP contribution in [0.3, 0.4) is 0 Å². The van der Waals surface area contributed by atoms with Gasteiger partial charge in [-0.15, -0.1) is 10.2 Å². The Morgan fingerprint density at radius 1 is 1.29 bits per heavy atom. The lowest BCUT2D eigenvalue weighted by molar-refractivity contribution is -0.145. The second kappa shape index (κ2) is 6.51. The molecule has 1 aromatic rings. The van der Waals surface area contributed by atoms with E-state index < -0.39 is 23.6 Å². The first-order chi connectivity index (χ1) is 10.0. The van der Waals surface area contributed by atoms with E-state index in [0.717, 1.165) is 25.7 Å². The topological polar surface area (TPSA) is 133 Å². The summed E-state index contributed by atoms with van der Waals surface area (Å²) >= 11 is 0. The number of carbonyl (C=O) groups is 2. The van der Waals surface area contributed by atoms with Crippen molar-refractivity contribution >= 4 is 12.0 Å². The Hall–Kier alpha value is -2.19. The Bertz CT molecular complexity index is 481. The molecule has 0 aliphatic heterocycles. The summed E-state index contributed by atoms with van der Waals surface area (Å²) in [4.78, 5) is 23.7. The number of aromatic nitrogens is 4. The van der Waals surface area contributed by atoms with Crippen LogP contribution in [0.2, 0.25) is 0 Å². The number of urea groups is 1. The fourth-order valence-electron chi connectivity index (χ4n) is 2.59. The van der Waals surface area contributed by atoms with Gasteiger partial charge in [0.05, 0.1) is 6.04 Å². The first-order valence-corrected chi connectivity index (χ1v) is 7.09. The van der Waals surface area contributed by atoms with E-state index in [1.54, 1.807) is 6.92 Å². The highest BCUT2D eigenvalue weighted by atomic mass is 16.4. The SMILES string of the molecule is CC(NC(=O)NC1(C(=O)O)CCCCCC1)c1nn[nH]n1. The maximum absolute atomic E-state index is 12.1. The predicted molar refractivity (Wildman–Crippen MR) is 72.3 cm³/mol. The van der Waals surface area contributed by atoms with Gasteiger partial charge >= 0.3 is 12.0 Å². The number of hydrogen-bond donors (Lipinski definition) is 4. The fraction of sp³-hybridized carbons (Fsp3) is 0.750. The number of tetrazole rings is 1. The number of carboxylic acids is 1. The van der Waals surface area contributed by atoms with Gasteiger partial charge in [-0.05, 0) is 19.8 Å². The number of nitrogens with one attached hydrogen (secondary N) is 3. The normalized spacial score (nSPS) is 19.3. The molecular formula is C12H20N6O3. The Kier molecular flexibility index (Phi) is 4.71. The van der Waals surface area contributed by atoms with Crippen molar-refractivity contribution in [1.29, 1.82) is 0 Å². The zero-order valence-electron chi connectivity index (χ0n) is 11.9. The highest BCUT2D eigenvalue weighted by molar-refractivity contribution is 5.86. The molecule has 1 heterocycles. The monoisotopic (exact) mass is 296 g/mol. The summed E-state index contributed by atoms with van der Waals surface area (Å²) in [6.07, 6.45) is 4.49. The Labute approximate surface area is 121 Å². The molecule has 1 unspecified atom stereocenters. The zero-order chi connectivity index (χ0) is 15.3. The Balaban J connectivity index is 1.99. The van der Waals surface area contributed by atoms with Gasteiger partial charge in [-0.2, -0.15) is 5.21 Å². The predicted octanol–water partition coefficient (Wildman–Crippen LogP) is 0.737. The molecule has 2 rings (SSSR count). The molecule has 4 N–H and O–H groups in total. The van der Waals surface area contributed by atoms with Crippen molar-refractivity contribution in [3.63, 3.8) is 0 Å². The standard InChI is InChI=1S/C12H20N6O3/c1-8(9-15-17-18-16-9)13-11(21)14-12(10(19)20)6-4-2-3-5-7-12/h8H,2-7H2,1H3,(H,19,20)(H2,13,14,21)(H,15,16,17,18). The van der Waals surface area contributed by atoms with Crippen LogP contribution in [-0.2, 0) is 4.79 Å². The lowest BCUT2D eigenvalue weighted by Crippen LogP contribution is -2.57. The third kappa shape index (κ3) is 3.67. The Morgan fingerprint density at radius 2 is 1.95 bits per heavy atom. The molecule has 0 aromatic carbocycles. The molecule has 9 heteroatoms. The first kappa shape index (κ1) is 15.2. The third-order valence-electron chi connectivity index (χ3n) is 3.82. The van der Waals surface area contributed by atoms with Gasteiger partial charge in [-0.25, -0.2) is 9.59 Å². The highest BCUT2D eigenvalue weighted by Crippen LogP contribution is 2.27. The quantitative estimate of drug-likeness (QED) is 0.606. The number of aromatic amines is 1. The summed E-state index contributed by atoms with van der Waals surface area (Å²) in [6, 6.07) is -0.989. The highest BCUT2D eigenvalue weighted by Gasteiger charge is 2.40. The number of H-pyrrole nitrogens is 1. The van der Waals surface area contributed by atoms with Gasteiger partial charge in [0.15, 0.2) is 5.82 Å². The molecule has 9 nitrogen and oxygen atoms in total. The smallest absolute Gasteiger partial charge is 0.329 e. The summed E-state index contributed by atoms with van der Waals surface area (Å²) in [5.41, 5.74) is -1.18. The van der Waals surface area contributed by atoms with E-state index in [1.807, 2.05) is 0 Å². The minimum Gasteiger partial charge on any atom is -0.480 e. The average Bonchev–Trinajstić information content (AvgIpc) is 2.86. The molecular weight excluding hydrogens is 276 g/mol. The minimum absolute atomic E-state index is 0.343. The Morgan fingerprint density at radius 3 is 2.48 bits per heavy atom. The largest absolute Gasteiger partial charge is 0.480 e. The second-order valence-corrected chi connectivity index (χ2v) is 5.39. The fourth-order valence-corrected chi connectivity index (χ4v) is 2.59. The van der Waals surface area contributed by atoms with E-state index >= 15 is 0 Å². The molecule has 2 amide bonds. The number of carbonyl (C=O) groups excluding carboxylic acids is 1. The van der Waals surface area contributed by atoms with Crippen molar-refractivity contribution in [3.05, 3.63) is 5.82 Å². The van der Waals surface area contributed by atoms with Gasteiger partial charge in [-0.3, -0.25) is 0 Å². The summed E-state index contributed by atoms with van der Waals surface area (Å²) in [6.45, 7) is 1.70. The number of hydrogen-bond acceptors (Lipinski definition) is 5. The summed E-state index contributed by atoms with van der Waals surface area (Å²) in [5, 5.41) is 28.0. The van der Waals surface area contributed by atoms with Crippen LogP contribution in [0.15, 0.2) is 0 Å². The molecule has 1 atom stereocenters. The van der Waals surface area contributed by atoms with Crippen LogP contribution >= 0.6 is 0 Å². The third-order valence-corrected chi connectivity index (χ3v) is 3.82. The van der Waals surface area contributed by atoms with E-state index in [0.29, 0.717) is 18.7 Å². The van der Waals surface area contributed by atoms with Gasteiger partial charge in [0, 0.05) is 0 Å². The maximum atomic E-state index is 12.1. The first-order valence-electron chi connectivity index (χ1n) is 7.09. The van der Waals surface area contributed by atoms with Crippen LogP contribution in [-0.4, -0.2) is 43.3 Å². The molecule has 0 spiro atoms. The molecule has 1 fully saturated rings. The van der Waals surface area contributed by atoms with E-state index in [4.69, 9.17) is 0 Å². The molecule has 1 aliphatic carbocycles. The van der Waals surface area contributed by atoms with Crippen LogP contribution in [0.5, 0.6) is 0 Å². The molecule has 0 saturated heterocycles. The molecule has 1 aromatic heterocycles. The van der Waals surface area contributed by atoms with Crippen LogP contribution < -0.4 is 10.6 Å². The van der Waals surface area contributed by atoms with E-state index in [-0.39, 0.29) is 0 Å². The maximum Gasteiger partial charge on any atom is 0.329 e. The number of rotatable bonds is 4. The molecule has 1 saturated carbocycles. The summed E-state index contributed by atoms with van der Waals surface area (Å²) in [7, 11) is 0. The number of carboxylic acid groups (broad SMARTS) is 1. The zero-order valence-corrected chi connectivity index (χ0v) is 11.9. The molecule has 1 aliphatic rings. The van der Waals surface area contributed by atoms with Crippen LogP contribution in [0.1, 0.15) is 57.3 Å². The van der Waals surface area contributed by atoms with Crippen molar-refractivity contribution in [2.75, 3.05) is 0 Å².